The van der Waals surface area contributed by atoms with Gasteiger partial charge in [0.05, 0.1) is 24.2 Å². The maximum absolute atomic E-state index is 10.5. The number of nitrogen functional groups attached to an aromatic ring is 1. The number of nitrogens with two attached hydrogens (primary N) is 1. The van der Waals surface area contributed by atoms with E-state index in [0.29, 0.717) is 24.7 Å². The Hall–Kier alpha value is -1.82. The minimum Gasteiger partial charge on any atom is -0.485 e. The first-order valence-corrected chi connectivity index (χ1v) is 4.44. The Bertz CT molecular complexity index is 390. The molecule has 0 amide bonds. The molecule has 0 saturated carbocycles. The summed E-state index contributed by atoms with van der Waals surface area (Å²) in [5.74, 6) is 0.412. The smallest absolute Gasteiger partial charge is 0.275 e. The molecule has 0 unspecified atom stereocenters. The number of nitro benzene ring substituents is 1. The summed E-state index contributed by atoms with van der Waals surface area (Å²) in [6, 6.07) is 4.21. The Labute approximate surface area is 85.7 Å². The number of benzene rings is 1. The number of anilines is 1. The lowest BCUT2D eigenvalue weighted by Gasteiger charge is -2.26. The van der Waals surface area contributed by atoms with Crippen LogP contribution in [0.4, 0.5) is 11.4 Å². The molecular weight excluding hydrogens is 200 g/mol. The molecule has 1 aromatic rings. The first-order chi connectivity index (χ1) is 7.15. The second-order valence-electron chi connectivity index (χ2n) is 3.29. The molecule has 0 bridgehead atoms. The standard InChI is InChI=1S/C9H10N2O4/c10-6-1-7(11(12)13)3-8(2-6)15-9-4-14-5-9/h1-3,9H,4-5,10H2. The zero-order chi connectivity index (χ0) is 10.8. The second kappa shape index (κ2) is 3.74. The van der Waals surface area contributed by atoms with Crippen molar-refractivity contribution < 1.29 is 14.4 Å². The van der Waals surface area contributed by atoms with Gasteiger partial charge in [0.1, 0.15) is 11.9 Å². The number of nitro groups is 1. The Morgan fingerprint density at radius 2 is 2.20 bits per heavy atom. The van der Waals surface area contributed by atoms with Crippen molar-refractivity contribution in [1.29, 1.82) is 0 Å². The van der Waals surface area contributed by atoms with Crippen LogP contribution in [0.25, 0.3) is 0 Å². The van der Waals surface area contributed by atoms with Crippen LogP contribution in [0.5, 0.6) is 5.75 Å². The fraction of sp³-hybridized carbons (Fsp3) is 0.333. The third-order valence-corrected chi connectivity index (χ3v) is 2.03. The molecule has 1 heterocycles. The van der Waals surface area contributed by atoms with E-state index in [4.69, 9.17) is 15.2 Å². The van der Waals surface area contributed by atoms with Crippen molar-refractivity contribution >= 4 is 11.4 Å². The summed E-state index contributed by atoms with van der Waals surface area (Å²) in [7, 11) is 0. The zero-order valence-electron chi connectivity index (χ0n) is 7.88. The van der Waals surface area contributed by atoms with Gasteiger partial charge in [-0.05, 0) is 0 Å². The molecule has 80 valence electrons. The van der Waals surface area contributed by atoms with Crippen molar-refractivity contribution in [3.63, 3.8) is 0 Å². The molecule has 6 heteroatoms. The van der Waals surface area contributed by atoms with Gasteiger partial charge in [0.2, 0.25) is 0 Å². The SMILES string of the molecule is Nc1cc(OC2COC2)cc([N+](=O)[O-])c1. The van der Waals surface area contributed by atoms with E-state index < -0.39 is 4.92 Å². The van der Waals surface area contributed by atoms with Crippen molar-refractivity contribution in [3.8, 4) is 5.75 Å². The molecule has 15 heavy (non-hydrogen) atoms. The van der Waals surface area contributed by atoms with E-state index in [-0.39, 0.29) is 11.8 Å². The molecule has 0 aromatic heterocycles. The van der Waals surface area contributed by atoms with Crippen LogP contribution in [0.15, 0.2) is 18.2 Å². The third-order valence-electron chi connectivity index (χ3n) is 2.03. The number of ether oxygens (including phenoxy) is 2. The van der Waals surface area contributed by atoms with Gasteiger partial charge in [0.15, 0.2) is 0 Å². The molecule has 2 rings (SSSR count). The van der Waals surface area contributed by atoms with Crippen LogP contribution in [-0.4, -0.2) is 24.2 Å². The summed E-state index contributed by atoms with van der Waals surface area (Å²) in [6.07, 6.45) is -0.0218. The first-order valence-electron chi connectivity index (χ1n) is 4.44. The van der Waals surface area contributed by atoms with Crippen molar-refractivity contribution in [2.45, 2.75) is 6.10 Å². The molecule has 1 aromatic carbocycles. The Morgan fingerprint density at radius 3 is 2.73 bits per heavy atom. The van der Waals surface area contributed by atoms with E-state index in [1.807, 2.05) is 0 Å². The lowest BCUT2D eigenvalue weighted by Crippen LogP contribution is -2.38. The summed E-state index contributed by atoms with van der Waals surface area (Å²) in [4.78, 5) is 10.0. The van der Waals surface area contributed by atoms with Gasteiger partial charge < -0.3 is 15.2 Å². The first kappa shape index (κ1) is 9.72. The lowest BCUT2D eigenvalue weighted by molar-refractivity contribution is -0.384. The number of hydrogen-bond acceptors (Lipinski definition) is 5. The lowest BCUT2D eigenvalue weighted by atomic mass is 10.2. The molecule has 1 saturated heterocycles. The Kier molecular flexibility index (Phi) is 2.42. The Balaban J connectivity index is 2.18. The monoisotopic (exact) mass is 210 g/mol. The number of non-ortho nitro benzene ring substituents is 1. The van der Waals surface area contributed by atoms with E-state index in [1.165, 1.54) is 12.1 Å². The average molecular weight is 210 g/mol. The van der Waals surface area contributed by atoms with E-state index in [9.17, 15) is 10.1 Å². The maximum Gasteiger partial charge on any atom is 0.275 e. The fourth-order valence-electron chi connectivity index (χ4n) is 1.25. The quantitative estimate of drug-likeness (QED) is 0.456. The van der Waals surface area contributed by atoms with Crippen molar-refractivity contribution in [2.24, 2.45) is 0 Å². The fourth-order valence-corrected chi connectivity index (χ4v) is 1.25. The van der Waals surface area contributed by atoms with E-state index >= 15 is 0 Å². The highest BCUT2D eigenvalue weighted by atomic mass is 16.6. The van der Waals surface area contributed by atoms with Crippen LogP contribution in [-0.2, 0) is 4.74 Å². The molecule has 0 radical (unpaired) electrons. The molecule has 1 fully saturated rings. The molecule has 0 atom stereocenters. The molecular formula is C9H10N2O4. The van der Waals surface area contributed by atoms with Crippen LogP contribution >= 0.6 is 0 Å². The van der Waals surface area contributed by atoms with Gasteiger partial charge in [-0.2, -0.15) is 0 Å². The van der Waals surface area contributed by atoms with Gasteiger partial charge in [-0.25, -0.2) is 0 Å². The van der Waals surface area contributed by atoms with E-state index in [2.05, 4.69) is 0 Å². The van der Waals surface area contributed by atoms with Gasteiger partial charge >= 0.3 is 0 Å². The molecule has 6 nitrogen and oxygen atoms in total. The molecule has 0 aliphatic carbocycles. The average Bonchev–Trinajstić information content (AvgIpc) is 2.10. The van der Waals surface area contributed by atoms with Crippen LogP contribution < -0.4 is 10.5 Å². The van der Waals surface area contributed by atoms with Crippen molar-refractivity contribution in [3.05, 3.63) is 28.3 Å². The minimum absolute atomic E-state index is 0.0218. The van der Waals surface area contributed by atoms with Crippen LogP contribution in [0, 0.1) is 10.1 Å². The predicted octanol–water partition coefficient (Wildman–Crippen LogP) is 0.955. The second-order valence-corrected chi connectivity index (χ2v) is 3.29. The van der Waals surface area contributed by atoms with Crippen molar-refractivity contribution in [2.75, 3.05) is 18.9 Å². The van der Waals surface area contributed by atoms with Crippen LogP contribution in [0.3, 0.4) is 0 Å². The summed E-state index contributed by atoms with van der Waals surface area (Å²) in [5.41, 5.74) is 5.77. The van der Waals surface area contributed by atoms with Crippen LogP contribution in [0.1, 0.15) is 0 Å². The molecule has 1 aliphatic rings. The number of hydrogen-bond donors (Lipinski definition) is 1. The highest BCUT2D eigenvalue weighted by Gasteiger charge is 2.21. The van der Waals surface area contributed by atoms with Crippen molar-refractivity contribution in [1.82, 2.24) is 0 Å². The van der Waals surface area contributed by atoms with Gasteiger partial charge in [0.25, 0.3) is 5.69 Å². The summed E-state index contributed by atoms with van der Waals surface area (Å²) < 4.78 is 10.3. The number of nitrogens with zero attached hydrogens (tertiary/aromatic N) is 1. The summed E-state index contributed by atoms with van der Waals surface area (Å²) >= 11 is 0. The van der Waals surface area contributed by atoms with Gasteiger partial charge in [-0.15, -0.1) is 0 Å². The van der Waals surface area contributed by atoms with E-state index in [1.54, 1.807) is 6.07 Å². The van der Waals surface area contributed by atoms with Gasteiger partial charge in [-0.1, -0.05) is 0 Å². The van der Waals surface area contributed by atoms with Gasteiger partial charge in [-0.3, -0.25) is 10.1 Å². The molecule has 2 N–H and O–H groups in total. The zero-order valence-corrected chi connectivity index (χ0v) is 7.88. The predicted molar refractivity (Wildman–Crippen MR) is 52.7 cm³/mol. The Morgan fingerprint density at radius 1 is 1.47 bits per heavy atom. The van der Waals surface area contributed by atoms with E-state index in [0.717, 1.165) is 0 Å². The highest BCUT2D eigenvalue weighted by Crippen LogP contribution is 2.25. The molecule has 0 spiro atoms. The minimum atomic E-state index is -0.500. The largest absolute Gasteiger partial charge is 0.485 e. The van der Waals surface area contributed by atoms with Crippen LogP contribution in [0.2, 0.25) is 0 Å². The topological polar surface area (TPSA) is 87.6 Å². The molecule has 1 aliphatic heterocycles. The summed E-state index contributed by atoms with van der Waals surface area (Å²) in [5, 5.41) is 10.5. The van der Waals surface area contributed by atoms with Gasteiger partial charge in [0, 0.05) is 17.8 Å². The normalized spacial score (nSPS) is 15.7. The summed E-state index contributed by atoms with van der Waals surface area (Å²) in [6.45, 7) is 1.03. The highest BCUT2D eigenvalue weighted by molar-refractivity contribution is 5.53. The number of rotatable bonds is 3. The third kappa shape index (κ3) is 2.16. The maximum atomic E-state index is 10.5.